The number of rotatable bonds is 7. The van der Waals surface area contributed by atoms with E-state index in [2.05, 4.69) is 10.3 Å². The number of methoxy groups -OCH3 is 1. The third kappa shape index (κ3) is 3.82. The van der Waals surface area contributed by atoms with Crippen LogP contribution in [0.15, 0.2) is 10.6 Å². The number of nitrogens with one attached hydrogen (secondary N) is 1. The van der Waals surface area contributed by atoms with Gasteiger partial charge in [-0.1, -0.05) is 12.8 Å². The largest absolute Gasteiger partial charge is 0.445 e. The van der Waals surface area contributed by atoms with Crippen molar-refractivity contribution in [3.05, 3.63) is 17.8 Å². The number of nitrogens with zero attached hydrogens (tertiary/aromatic N) is 1. The number of aromatic nitrogens is 1. The molecule has 0 spiro atoms. The van der Waals surface area contributed by atoms with Crippen LogP contribution < -0.4 is 5.32 Å². The van der Waals surface area contributed by atoms with Crippen LogP contribution in [0.2, 0.25) is 0 Å². The molecule has 0 aromatic carbocycles. The SMILES string of the molecule is COCCNCCc1ncc(C2CCCC2)o1. The molecule has 0 bridgehead atoms. The number of oxazole rings is 1. The van der Waals surface area contributed by atoms with Crippen molar-refractivity contribution in [1.82, 2.24) is 10.3 Å². The van der Waals surface area contributed by atoms with E-state index in [1.54, 1.807) is 7.11 Å². The molecule has 0 radical (unpaired) electrons. The van der Waals surface area contributed by atoms with Crippen molar-refractivity contribution in [2.24, 2.45) is 0 Å². The highest BCUT2D eigenvalue weighted by atomic mass is 16.5. The third-order valence-corrected chi connectivity index (χ3v) is 3.33. The Morgan fingerprint density at radius 1 is 1.41 bits per heavy atom. The predicted octanol–water partition coefficient (Wildman–Crippen LogP) is 2.11. The quantitative estimate of drug-likeness (QED) is 0.739. The molecule has 0 amide bonds. The van der Waals surface area contributed by atoms with Gasteiger partial charge in [0.15, 0.2) is 5.89 Å². The average Bonchev–Trinajstić information content (AvgIpc) is 2.99. The van der Waals surface area contributed by atoms with Crippen LogP contribution in [0.5, 0.6) is 0 Å². The second-order valence-corrected chi connectivity index (χ2v) is 4.63. The molecule has 0 saturated heterocycles. The summed E-state index contributed by atoms with van der Waals surface area (Å²) in [5.41, 5.74) is 0. The lowest BCUT2D eigenvalue weighted by molar-refractivity contribution is 0.199. The maximum atomic E-state index is 5.79. The smallest absolute Gasteiger partial charge is 0.195 e. The molecule has 1 aromatic rings. The number of hydrogen-bond donors (Lipinski definition) is 1. The van der Waals surface area contributed by atoms with Gasteiger partial charge in [0, 0.05) is 32.5 Å². The molecule has 96 valence electrons. The van der Waals surface area contributed by atoms with E-state index in [4.69, 9.17) is 9.15 Å². The lowest BCUT2D eigenvalue weighted by Crippen LogP contribution is -2.21. The Morgan fingerprint density at radius 2 is 2.24 bits per heavy atom. The van der Waals surface area contributed by atoms with Gasteiger partial charge in [0.2, 0.25) is 0 Å². The van der Waals surface area contributed by atoms with Crippen LogP contribution in [0.25, 0.3) is 0 Å². The summed E-state index contributed by atoms with van der Waals surface area (Å²) in [5, 5.41) is 3.29. The monoisotopic (exact) mass is 238 g/mol. The minimum atomic E-state index is 0.623. The highest BCUT2D eigenvalue weighted by Crippen LogP contribution is 2.34. The van der Waals surface area contributed by atoms with Crippen molar-refractivity contribution >= 4 is 0 Å². The molecule has 4 heteroatoms. The lowest BCUT2D eigenvalue weighted by atomic mass is 10.1. The molecule has 17 heavy (non-hydrogen) atoms. The first-order valence-electron chi connectivity index (χ1n) is 6.54. The fourth-order valence-electron chi connectivity index (χ4n) is 2.33. The first-order valence-corrected chi connectivity index (χ1v) is 6.54. The van der Waals surface area contributed by atoms with Gasteiger partial charge >= 0.3 is 0 Å². The van der Waals surface area contributed by atoms with Crippen LogP contribution >= 0.6 is 0 Å². The normalized spacial score (nSPS) is 16.8. The Morgan fingerprint density at radius 3 is 3.00 bits per heavy atom. The second-order valence-electron chi connectivity index (χ2n) is 4.63. The Hall–Kier alpha value is -0.870. The summed E-state index contributed by atoms with van der Waals surface area (Å²) in [5.74, 6) is 2.57. The van der Waals surface area contributed by atoms with Gasteiger partial charge in [-0.3, -0.25) is 0 Å². The molecule has 1 fully saturated rings. The summed E-state index contributed by atoms with van der Waals surface area (Å²) in [6, 6.07) is 0. The summed E-state index contributed by atoms with van der Waals surface area (Å²) >= 11 is 0. The summed E-state index contributed by atoms with van der Waals surface area (Å²) in [7, 11) is 1.71. The van der Waals surface area contributed by atoms with Gasteiger partial charge in [-0.15, -0.1) is 0 Å². The molecule has 0 atom stereocenters. The summed E-state index contributed by atoms with van der Waals surface area (Å²) < 4.78 is 10.8. The van der Waals surface area contributed by atoms with Gasteiger partial charge in [-0.25, -0.2) is 4.98 Å². The summed E-state index contributed by atoms with van der Waals surface area (Å²) in [4.78, 5) is 4.34. The zero-order chi connectivity index (χ0) is 11.9. The first-order chi connectivity index (χ1) is 8.40. The maximum absolute atomic E-state index is 5.79. The van der Waals surface area contributed by atoms with E-state index in [1.165, 1.54) is 25.7 Å². The van der Waals surface area contributed by atoms with Gasteiger partial charge in [-0.05, 0) is 12.8 Å². The van der Waals surface area contributed by atoms with E-state index in [0.717, 1.165) is 37.8 Å². The van der Waals surface area contributed by atoms with Crippen molar-refractivity contribution in [3.63, 3.8) is 0 Å². The molecule has 1 aromatic heterocycles. The molecule has 1 N–H and O–H groups in total. The van der Waals surface area contributed by atoms with Gasteiger partial charge in [0.25, 0.3) is 0 Å². The van der Waals surface area contributed by atoms with E-state index < -0.39 is 0 Å². The van der Waals surface area contributed by atoms with E-state index >= 15 is 0 Å². The molecule has 1 heterocycles. The zero-order valence-corrected chi connectivity index (χ0v) is 10.6. The molecule has 4 nitrogen and oxygen atoms in total. The Balaban J connectivity index is 1.70. The predicted molar refractivity (Wildman–Crippen MR) is 66.2 cm³/mol. The van der Waals surface area contributed by atoms with E-state index in [0.29, 0.717) is 5.92 Å². The van der Waals surface area contributed by atoms with Crippen molar-refractivity contribution in [3.8, 4) is 0 Å². The minimum absolute atomic E-state index is 0.623. The Kier molecular flexibility index (Phi) is 5.01. The van der Waals surface area contributed by atoms with Crippen LogP contribution in [0.1, 0.15) is 43.3 Å². The van der Waals surface area contributed by atoms with Crippen molar-refractivity contribution in [2.45, 2.75) is 38.0 Å². The molecule has 1 saturated carbocycles. The standard InChI is InChI=1S/C13H22N2O2/c1-16-9-8-14-7-6-13-15-10-12(17-13)11-4-2-3-5-11/h10-11,14H,2-9H2,1H3. The van der Waals surface area contributed by atoms with Crippen LogP contribution in [0.4, 0.5) is 0 Å². The van der Waals surface area contributed by atoms with E-state index in [9.17, 15) is 0 Å². The zero-order valence-electron chi connectivity index (χ0n) is 10.6. The van der Waals surface area contributed by atoms with E-state index in [1.807, 2.05) is 6.20 Å². The molecule has 1 aliphatic carbocycles. The Labute approximate surface area is 103 Å². The maximum Gasteiger partial charge on any atom is 0.195 e. The topological polar surface area (TPSA) is 47.3 Å². The lowest BCUT2D eigenvalue weighted by Gasteiger charge is -2.03. The summed E-state index contributed by atoms with van der Waals surface area (Å²) in [6.07, 6.45) is 7.97. The van der Waals surface area contributed by atoms with Gasteiger partial charge in [-0.2, -0.15) is 0 Å². The highest BCUT2D eigenvalue weighted by Gasteiger charge is 2.20. The molecular weight excluding hydrogens is 216 g/mol. The van der Waals surface area contributed by atoms with Crippen molar-refractivity contribution in [1.29, 1.82) is 0 Å². The second kappa shape index (κ2) is 6.77. The number of hydrogen-bond acceptors (Lipinski definition) is 4. The Bertz CT molecular complexity index is 319. The van der Waals surface area contributed by atoms with Crippen molar-refractivity contribution in [2.75, 3.05) is 26.8 Å². The van der Waals surface area contributed by atoms with Gasteiger partial charge in [0.05, 0.1) is 12.8 Å². The average molecular weight is 238 g/mol. The van der Waals surface area contributed by atoms with Crippen LogP contribution in [-0.4, -0.2) is 31.8 Å². The van der Waals surface area contributed by atoms with Crippen LogP contribution in [-0.2, 0) is 11.2 Å². The molecule has 0 aliphatic heterocycles. The first kappa shape index (κ1) is 12.6. The molecule has 2 rings (SSSR count). The summed E-state index contributed by atoms with van der Waals surface area (Å²) in [6.45, 7) is 2.53. The minimum Gasteiger partial charge on any atom is -0.445 e. The van der Waals surface area contributed by atoms with Crippen molar-refractivity contribution < 1.29 is 9.15 Å². The van der Waals surface area contributed by atoms with E-state index in [-0.39, 0.29) is 0 Å². The fraction of sp³-hybridized carbons (Fsp3) is 0.769. The molecular formula is C13H22N2O2. The molecule has 1 aliphatic rings. The third-order valence-electron chi connectivity index (χ3n) is 3.33. The van der Waals surface area contributed by atoms with Crippen LogP contribution in [0, 0.1) is 0 Å². The fourth-order valence-corrected chi connectivity index (χ4v) is 2.33. The molecule has 0 unspecified atom stereocenters. The van der Waals surface area contributed by atoms with Gasteiger partial charge < -0.3 is 14.5 Å². The highest BCUT2D eigenvalue weighted by molar-refractivity contribution is 5.03. The van der Waals surface area contributed by atoms with Crippen LogP contribution in [0.3, 0.4) is 0 Å². The van der Waals surface area contributed by atoms with Gasteiger partial charge in [0.1, 0.15) is 5.76 Å². The number of ether oxygens (including phenoxy) is 1.